The van der Waals surface area contributed by atoms with Gasteiger partial charge >= 0.3 is 0 Å². The summed E-state index contributed by atoms with van der Waals surface area (Å²) in [6.45, 7) is -2.61. The van der Waals surface area contributed by atoms with E-state index in [-0.39, 0.29) is 11.7 Å². The number of nitrogens with zero attached hydrogens (tertiary/aromatic N) is 1. The maximum atomic E-state index is 7.99. The zero-order valence-electron chi connectivity index (χ0n) is 13.1. The van der Waals surface area contributed by atoms with Gasteiger partial charge in [-0.15, -0.1) is 0 Å². The molecule has 2 rings (SSSR count). The van der Waals surface area contributed by atoms with Gasteiger partial charge in [0.2, 0.25) is 0 Å². The van der Waals surface area contributed by atoms with Crippen molar-refractivity contribution in [2.24, 2.45) is 0 Å². The van der Waals surface area contributed by atoms with Crippen LogP contribution in [-0.4, -0.2) is 4.98 Å². The van der Waals surface area contributed by atoms with E-state index in [1.807, 2.05) is 0 Å². The highest BCUT2D eigenvalue weighted by atomic mass is 79.9. The molecule has 0 aliphatic rings. The van der Waals surface area contributed by atoms with Crippen LogP contribution in [0.3, 0.4) is 0 Å². The Bertz CT molecular complexity index is 650. The van der Waals surface area contributed by atoms with Gasteiger partial charge in [0.1, 0.15) is 0 Å². The number of hydrogen-bond donors (Lipinski definition) is 0. The third kappa shape index (κ3) is 2.02. The van der Waals surface area contributed by atoms with Gasteiger partial charge in [0.15, 0.2) is 0 Å². The van der Waals surface area contributed by atoms with Crippen LogP contribution < -0.4 is 0 Å². The molecule has 0 spiro atoms. The second kappa shape index (κ2) is 3.93. The van der Waals surface area contributed by atoms with Crippen molar-refractivity contribution in [1.29, 1.82) is 0 Å². The average Bonchev–Trinajstić information content (AvgIpc) is 2.33. The lowest BCUT2D eigenvalue weighted by Gasteiger charge is -2.01. The largest absolute Gasteiger partial charge is 0.256 e. The number of aromatic nitrogens is 1. The van der Waals surface area contributed by atoms with E-state index in [0.717, 1.165) is 4.47 Å². The molecule has 0 saturated heterocycles. The van der Waals surface area contributed by atoms with Crippen molar-refractivity contribution in [3.63, 3.8) is 0 Å². The van der Waals surface area contributed by atoms with Crippen molar-refractivity contribution in [2.45, 2.75) is 6.85 Å². The number of benzene rings is 1. The van der Waals surface area contributed by atoms with Gasteiger partial charge in [0.05, 0.1) is 9.81 Å². The zero-order chi connectivity index (χ0) is 15.1. The molecule has 0 amide bonds. The van der Waals surface area contributed by atoms with Gasteiger partial charge < -0.3 is 0 Å². The SMILES string of the molecule is [2H]c1nc(-c2ccc(Br)cc2)c([2H])c(C([2H])([2H])[2H])c1[2H]. The van der Waals surface area contributed by atoms with Crippen LogP contribution in [0.5, 0.6) is 0 Å². The van der Waals surface area contributed by atoms with E-state index in [1.165, 1.54) is 0 Å². The van der Waals surface area contributed by atoms with Crippen LogP contribution in [0.2, 0.25) is 0 Å². The van der Waals surface area contributed by atoms with E-state index in [9.17, 15) is 0 Å². The molecule has 2 heteroatoms. The molecule has 0 atom stereocenters. The first kappa shape index (κ1) is 4.58. The standard InChI is InChI=1S/C12H10BrN/c1-9-6-7-14-12(8-9)10-2-4-11(13)5-3-10/h2-8H,1H3/i1D3,6D,7D,8D. The Balaban J connectivity index is 2.73. The minimum Gasteiger partial charge on any atom is -0.256 e. The average molecular weight is 254 g/mol. The van der Waals surface area contributed by atoms with E-state index < -0.39 is 24.6 Å². The molecule has 2 aromatic rings. The Morgan fingerprint density at radius 1 is 1.36 bits per heavy atom. The molecule has 1 heterocycles. The van der Waals surface area contributed by atoms with Crippen molar-refractivity contribution in [3.8, 4) is 11.3 Å². The summed E-state index contributed by atoms with van der Waals surface area (Å²) in [7, 11) is 0. The molecule has 1 aromatic carbocycles. The summed E-state index contributed by atoms with van der Waals surface area (Å²) in [6, 6.07) is 5.99. The van der Waals surface area contributed by atoms with Gasteiger partial charge in [-0.2, -0.15) is 0 Å². The fraction of sp³-hybridized carbons (Fsp3) is 0.0833. The molecule has 0 radical (unpaired) electrons. The highest BCUT2D eigenvalue weighted by Crippen LogP contribution is 2.20. The van der Waals surface area contributed by atoms with E-state index in [0.29, 0.717) is 5.56 Å². The van der Waals surface area contributed by atoms with Crippen molar-refractivity contribution in [2.75, 3.05) is 0 Å². The summed E-state index contributed by atoms with van der Waals surface area (Å²) in [5.74, 6) is 0. The summed E-state index contributed by atoms with van der Waals surface area (Å²) in [6.07, 6.45) is -0.440. The van der Waals surface area contributed by atoms with E-state index >= 15 is 0 Å². The van der Waals surface area contributed by atoms with Crippen LogP contribution in [0, 0.1) is 6.85 Å². The molecule has 14 heavy (non-hydrogen) atoms. The molecule has 0 bridgehead atoms. The highest BCUT2D eigenvalue weighted by molar-refractivity contribution is 9.10. The van der Waals surface area contributed by atoms with E-state index in [4.69, 9.17) is 8.22 Å². The van der Waals surface area contributed by atoms with Crippen LogP contribution >= 0.6 is 15.9 Å². The lowest BCUT2D eigenvalue weighted by Crippen LogP contribution is -1.83. The smallest absolute Gasteiger partial charge is 0.0840 e. The molecule has 70 valence electrons. The molecule has 1 nitrogen and oxygen atoms in total. The van der Waals surface area contributed by atoms with Gasteiger partial charge in [-0.1, -0.05) is 28.1 Å². The molecule has 1 aromatic heterocycles. The fourth-order valence-corrected chi connectivity index (χ4v) is 1.33. The van der Waals surface area contributed by atoms with E-state index in [2.05, 4.69) is 20.9 Å². The van der Waals surface area contributed by atoms with Crippen LogP contribution in [0.1, 0.15) is 13.8 Å². The molecule has 0 aliphatic carbocycles. The van der Waals surface area contributed by atoms with Crippen LogP contribution in [0.4, 0.5) is 0 Å². The van der Waals surface area contributed by atoms with Gasteiger partial charge in [0, 0.05) is 20.3 Å². The topological polar surface area (TPSA) is 12.9 Å². The van der Waals surface area contributed by atoms with Gasteiger partial charge in [-0.25, -0.2) is 0 Å². The number of pyridine rings is 1. The molecule has 0 fully saturated rings. The number of halogens is 1. The molecular weight excluding hydrogens is 238 g/mol. The monoisotopic (exact) mass is 253 g/mol. The van der Waals surface area contributed by atoms with Crippen molar-refractivity contribution >= 4 is 15.9 Å². The molecule has 0 N–H and O–H groups in total. The summed E-state index contributed by atoms with van der Waals surface area (Å²) in [4.78, 5) is 3.87. The predicted octanol–water partition coefficient (Wildman–Crippen LogP) is 3.82. The summed E-state index contributed by atoms with van der Waals surface area (Å²) >= 11 is 3.28. The Morgan fingerprint density at radius 2 is 2.14 bits per heavy atom. The van der Waals surface area contributed by atoms with Crippen LogP contribution in [0.25, 0.3) is 11.3 Å². The second-order valence-corrected chi connectivity index (χ2v) is 3.62. The fourth-order valence-electron chi connectivity index (χ4n) is 1.06. The number of hydrogen-bond acceptors (Lipinski definition) is 1. The molecular formula is C12H10BrN. The highest BCUT2D eigenvalue weighted by Gasteiger charge is 1.98. The van der Waals surface area contributed by atoms with Crippen molar-refractivity contribution in [3.05, 3.63) is 52.6 Å². The first-order valence-corrected chi connectivity index (χ1v) is 4.75. The van der Waals surface area contributed by atoms with Crippen molar-refractivity contribution < 1.29 is 8.22 Å². The van der Waals surface area contributed by atoms with Crippen LogP contribution in [-0.2, 0) is 0 Å². The second-order valence-electron chi connectivity index (χ2n) is 2.70. The summed E-state index contributed by atoms with van der Waals surface area (Å²) in [5.41, 5.74) is 0.206. The lowest BCUT2D eigenvalue weighted by molar-refractivity contribution is 1.29. The van der Waals surface area contributed by atoms with E-state index in [1.54, 1.807) is 24.3 Å². The lowest BCUT2D eigenvalue weighted by atomic mass is 10.1. The Kier molecular flexibility index (Phi) is 1.28. The Labute approximate surface area is 100 Å². The normalized spacial score (nSPS) is 17.2. The number of rotatable bonds is 1. The zero-order valence-corrected chi connectivity index (χ0v) is 8.72. The Hall–Kier alpha value is -1.15. The third-order valence-corrected chi connectivity index (χ3v) is 2.24. The minimum absolute atomic E-state index is 0.102. The van der Waals surface area contributed by atoms with Crippen LogP contribution in [0.15, 0.2) is 47.0 Å². The first-order valence-electron chi connectivity index (χ1n) is 6.96. The quantitative estimate of drug-likeness (QED) is 0.753. The summed E-state index contributed by atoms with van der Waals surface area (Å²) < 4.78 is 46.4. The predicted molar refractivity (Wildman–Crippen MR) is 62.1 cm³/mol. The van der Waals surface area contributed by atoms with Crippen molar-refractivity contribution in [1.82, 2.24) is 4.98 Å². The summed E-state index contributed by atoms with van der Waals surface area (Å²) in [5, 5.41) is 0. The van der Waals surface area contributed by atoms with Gasteiger partial charge in [0.25, 0.3) is 0 Å². The maximum Gasteiger partial charge on any atom is 0.0840 e. The molecule has 0 aliphatic heterocycles. The molecule has 0 saturated carbocycles. The maximum absolute atomic E-state index is 7.99. The minimum atomic E-state index is -2.61. The first-order chi connectivity index (χ1) is 9.21. The molecule has 0 unspecified atom stereocenters. The Morgan fingerprint density at radius 3 is 2.86 bits per heavy atom. The van der Waals surface area contributed by atoms with Gasteiger partial charge in [-0.3, -0.25) is 4.98 Å². The van der Waals surface area contributed by atoms with Gasteiger partial charge in [-0.05, 0) is 36.6 Å². The third-order valence-electron chi connectivity index (χ3n) is 1.71.